The van der Waals surface area contributed by atoms with E-state index in [1.807, 2.05) is 0 Å². The lowest BCUT2D eigenvalue weighted by Gasteiger charge is -2.00. The van der Waals surface area contributed by atoms with Crippen molar-refractivity contribution in [1.82, 2.24) is 25.5 Å². The van der Waals surface area contributed by atoms with Crippen LogP contribution < -0.4 is 16.6 Å². The molecule has 10 heteroatoms. The van der Waals surface area contributed by atoms with Crippen molar-refractivity contribution in [2.24, 2.45) is 0 Å². The van der Waals surface area contributed by atoms with Crippen LogP contribution in [0, 0.1) is 6.92 Å². The third-order valence-electron chi connectivity index (χ3n) is 2.80. The Bertz CT molecular complexity index is 822. The molecule has 0 fully saturated rings. The smallest absolute Gasteiger partial charge is 0.325 e. The number of nitrogens with zero attached hydrogens (tertiary/aromatic N) is 2. The number of carbonyl (C=O) groups is 1. The molecule has 2 heterocycles. The summed E-state index contributed by atoms with van der Waals surface area (Å²) in [7, 11) is 0. The first-order valence-corrected chi connectivity index (χ1v) is 7.63. The molecule has 0 aliphatic carbocycles. The molecule has 0 aromatic carbocycles. The largest absolute Gasteiger partial charge is 0.416 e. The summed E-state index contributed by atoms with van der Waals surface area (Å²) in [6.07, 6.45) is 1.67. The molecule has 0 unspecified atom stereocenters. The highest BCUT2D eigenvalue weighted by Gasteiger charge is 2.13. The van der Waals surface area contributed by atoms with Crippen LogP contribution in [-0.4, -0.2) is 38.4 Å². The van der Waals surface area contributed by atoms with Crippen LogP contribution in [0.4, 0.5) is 0 Å². The number of thioether (sulfide) groups is 1. The second kappa shape index (κ2) is 7.58. The van der Waals surface area contributed by atoms with Crippen molar-refractivity contribution in [2.75, 3.05) is 12.3 Å². The number of carbonyl (C=O) groups excluding carboxylic acids is 1. The summed E-state index contributed by atoms with van der Waals surface area (Å²) < 4.78 is 5.38. The van der Waals surface area contributed by atoms with Gasteiger partial charge in [0.1, 0.15) is 0 Å². The lowest BCUT2D eigenvalue weighted by Crippen LogP contribution is -2.27. The number of aromatic amines is 2. The van der Waals surface area contributed by atoms with Gasteiger partial charge in [0.2, 0.25) is 11.8 Å². The van der Waals surface area contributed by atoms with Gasteiger partial charge >= 0.3 is 5.69 Å². The topological polar surface area (TPSA) is 134 Å². The average molecular weight is 337 g/mol. The molecule has 0 aliphatic heterocycles. The van der Waals surface area contributed by atoms with E-state index in [0.717, 1.165) is 11.8 Å². The van der Waals surface area contributed by atoms with Crippen LogP contribution in [0.25, 0.3) is 0 Å². The molecule has 122 valence electrons. The molecule has 2 aromatic rings. The van der Waals surface area contributed by atoms with Gasteiger partial charge in [-0.2, -0.15) is 0 Å². The van der Waals surface area contributed by atoms with Gasteiger partial charge in [-0.15, -0.1) is 16.8 Å². The fourth-order valence-electron chi connectivity index (χ4n) is 1.72. The SMILES string of the molecule is C=CCNC(=O)CSc1nnc(Cc2c(C)[nH]c(=O)[nH]c2=O)o1. The third kappa shape index (κ3) is 4.68. The second-order valence-electron chi connectivity index (χ2n) is 4.53. The van der Waals surface area contributed by atoms with Crippen LogP contribution in [0.2, 0.25) is 0 Å². The zero-order valence-corrected chi connectivity index (χ0v) is 13.2. The molecule has 0 saturated heterocycles. The van der Waals surface area contributed by atoms with E-state index in [2.05, 4.69) is 32.1 Å². The molecule has 2 aromatic heterocycles. The van der Waals surface area contributed by atoms with Crippen LogP contribution in [0.5, 0.6) is 0 Å². The highest BCUT2D eigenvalue weighted by Crippen LogP contribution is 2.17. The number of aryl methyl sites for hydroxylation is 1. The number of amides is 1. The van der Waals surface area contributed by atoms with Crippen molar-refractivity contribution in [3.8, 4) is 0 Å². The number of hydrogen-bond donors (Lipinski definition) is 3. The van der Waals surface area contributed by atoms with Crippen LogP contribution in [0.15, 0.2) is 31.9 Å². The highest BCUT2D eigenvalue weighted by atomic mass is 32.2. The first-order valence-electron chi connectivity index (χ1n) is 6.64. The number of rotatable bonds is 7. The molecular formula is C13H15N5O4S. The summed E-state index contributed by atoms with van der Waals surface area (Å²) in [6.45, 7) is 5.51. The quantitative estimate of drug-likeness (QED) is 0.468. The lowest BCUT2D eigenvalue weighted by atomic mass is 10.2. The molecule has 2 rings (SSSR count). The minimum atomic E-state index is -0.566. The van der Waals surface area contributed by atoms with Gasteiger partial charge in [-0.25, -0.2) is 4.79 Å². The van der Waals surface area contributed by atoms with Crippen LogP contribution in [0.3, 0.4) is 0 Å². The van der Waals surface area contributed by atoms with Crippen molar-refractivity contribution in [3.05, 3.63) is 50.6 Å². The van der Waals surface area contributed by atoms with Crippen LogP contribution >= 0.6 is 11.8 Å². The Morgan fingerprint density at radius 2 is 2.17 bits per heavy atom. The summed E-state index contributed by atoms with van der Waals surface area (Å²) in [5.41, 5.74) is -0.283. The minimum Gasteiger partial charge on any atom is -0.416 e. The van der Waals surface area contributed by atoms with Gasteiger partial charge in [0.05, 0.1) is 12.2 Å². The maximum atomic E-state index is 11.8. The zero-order chi connectivity index (χ0) is 16.8. The van der Waals surface area contributed by atoms with Gasteiger partial charge < -0.3 is 14.7 Å². The minimum absolute atomic E-state index is 0.0914. The predicted molar refractivity (Wildman–Crippen MR) is 83.5 cm³/mol. The summed E-state index contributed by atoms with van der Waals surface area (Å²) in [5.74, 6) is 0.176. The van der Waals surface area contributed by atoms with E-state index in [0.29, 0.717) is 17.8 Å². The standard InChI is InChI=1S/C13H15N5O4S/c1-3-4-14-9(19)6-23-13-18-17-10(22-13)5-8-7(2)15-12(21)16-11(8)20/h3H,1,4-6H2,2H3,(H,14,19)(H2,15,16,20,21). The number of aromatic nitrogens is 4. The van der Waals surface area contributed by atoms with E-state index >= 15 is 0 Å². The van der Waals surface area contributed by atoms with Gasteiger partial charge in [0, 0.05) is 17.8 Å². The lowest BCUT2D eigenvalue weighted by molar-refractivity contribution is -0.118. The highest BCUT2D eigenvalue weighted by molar-refractivity contribution is 7.99. The fourth-order valence-corrected chi connectivity index (χ4v) is 2.33. The molecule has 1 amide bonds. The van der Waals surface area contributed by atoms with Gasteiger partial charge in [0.25, 0.3) is 10.8 Å². The second-order valence-corrected chi connectivity index (χ2v) is 5.46. The molecule has 0 saturated carbocycles. The molecule has 0 atom stereocenters. The fraction of sp³-hybridized carbons (Fsp3) is 0.308. The van der Waals surface area contributed by atoms with Crippen LogP contribution in [-0.2, 0) is 11.2 Å². The van der Waals surface area contributed by atoms with E-state index < -0.39 is 11.2 Å². The maximum Gasteiger partial charge on any atom is 0.325 e. The van der Waals surface area contributed by atoms with E-state index in [9.17, 15) is 14.4 Å². The average Bonchev–Trinajstić information content (AvgIpc) is 2.94. The Balaban J connectivity index is 2.00. The summed E-state index contributed by atoms with van der Waals surface area (Å²) >= 11 is 1.09. The van der Waals surface area contributed by atoms with E-state index in [1.165, 1.54) is 0 Å². The molecule has 0 aliphatic rings. The van der Waals surface area contributed by atoms with Crippen molar-refractivity contribution in [2.45, 2.75) is 18.6 Å². The molecule has 3 N–H and O–H groups in total. The molecular weight excluding hydrogens is 322 g/mol. The van der Waals surface area contributed by atoms with Gasteiger partial charge in [0.15, 0.2) is 0 Å². The normalized spacial score (nSPS) is 10.5. The molecule has 0 spiro atoms. The van der Waals surface area contributed by atoms with Gasteiger partial charge in [-0.3, -0.25) is 14.6 Å². The number of H-pyrrole nitrogens is 2. The monoisotopic (exact) mass is 337 g/mol. The van der Waals surface area contributed by atoms with Crippen molar-refractivity contribution in [1.29, 1.82) is 0 Å². The summed E-state index contributed by atoms with van der Waals surface area (Å²) in [4.78, 5) is 39.0. The Morgan fingerprint density at radius 1 is 1.39 bits per heavy atom. The van der Waals surface area contributed by atoms with E-state index in [4.69, 9.17) is 4.42 Å². The van der Waals surface area contributed by atoms with E-state index in [1.54, 1.807) is 13.0 Å². The van der Waals surface area contributed by atoms with Crippen molar-refractivity contribution < 1.29 is 9.21 Å². The Hall–Kier alpha value is -2.62. The Labute approximate surface area is 134 Å². The van der Waals surface area contributed by atoms with Gasteiger partial charge in [-0.05, 0) is 6.92 Å². The van der Waals surface area contributed by atoms with Crippen LogP contribution in [0.1, 0.15) is 17.1 Å². The molecule has 23 heavy (non-hydrogen) atoms. The van der Waals surface area contributed by atoms with Crippen molar-refractivity contribution in [3.63, 3.8) is 0 Å². The van der Waals surface area contributed by atoms with E-state index in [-0.39, 0.29) is 29.2 Å². The first-order chi connectivity index (χ1) is 11.0. The predicted octanol–water partition coefficient (Wildman–Crippen LogP) is -0.260. The summed E-state index contributed by atoms with van der Waals surface area (Å²) in [5, 5.41) is 10.5. The molecule has 0 radical (unpaired) electrons. The van der Waals surface area contributed by atoms with Gasteiger partial charge in [-0.1, -0.05) is 17.8 Å². The maximum absolute atomic E-state index is 11.8. The molecule has 0 bridgehead atoms. The number of hydrogen-bond acceptors (Lipinski definition) is 7. The zero-order valence-electron chi connectivity index (χ0n) is 12.3. The first kappa shape index (κ1) is 16.7. The van der Waals surface area contributed by atoms with Crippen molar-refractivity contribution >= 4 is 17.7 Å². The Morgan fingerprint density at radius 3 is 2.87 bits per heavy atom. The summed E-state index contributed by atoms with van der Waals surface area (Å²) in [6, 6.07) is 0. The third-order valence-corrected chi connectivity index (χ3v) is 3.62. The Kier molecular flexibility index (Phi) is 5.52. The number of nitrogens with one attached hydrogen (secondary N) is 3. The molecule has 9 nitrogen and oxygen atoms in total.